The first-order chi connectivity index (χ1) is 17.3. The van der Waals surface area contributed by atoms with Crippen LogP contribution >= 0.6 is 11.6 Å². The van der Waals surface area contributed by atoms with E-state index in [4.69, 9.17) is 21.2 Å². The van der Waals surface area contributed by atoms with Crippen LogP contribution in [0.5, 0.6) is 0 Å². The van der Waals surface area contributed by atoms with Crippen molar-refractivity contribution in [3.05, 3.63) is 71.4 Å². The van der Waals surface area contributed by atoms with Crippen LogP contribution in [0, 0.1) is 0 Å². The quantitative estimate of drug-likeness (QED) is 0.397. The van der Waals surface area contributed by atoms with Gasteiger partial charge < -0.3 is 4.74 Å². The largest absolute Gasteiger partial charge is 0.447 e. The lowest BCUT2D eigenvalue weighted by Crippen LogP contribution is -2.52. The van der Waals surface area contributed by atoms with Crippen molar-refractivity contribution in [1.82, 2.24) is 20.5 Å². The van der Waals surface area contributed by atoms with Crippen LogP contribution in [-0.2, 0) is 25.7 Å². The maximum Gasteiger partial charge on any atom is 0.412 e. The standard InChI is InChI=1S/C25H28ClN5O5/c1-17(32)31(28-15-20-10-6-7-11-22(20)26)21(13-24(33)30(2)35-3)16-36-25(34)29-23-12-18-8-4-5-9-19(18)14-27-23/h4-12,14,21,28H,13,15-16H2,1-3H3,(H,27,29,34)/t21-/m0/s1. The topological polar surface area (TPSA) is 113 Å². The Labute approximate surface area is 214 Å². The Hall–Kier alpha value is -3.73. The molecule has 0 unspecified atom stereocenters. The van der Waals surface area contributed by atoms with E-state index in [0.717, 1.165) is 21.4 Å². The van der Waals surface area contributed by atoms with E-state index in [1.807, 2.05) is 36.4 Å². The lowest BCUT2D eigenvalue weighted by atomic mass is 10.2. The number of carbonyl (C=O) groups is 3. The average molecular weight is 514 g/mol. The van der Waals surface area contributed by atoms with Gasteiger partial charge in [0, 0.05) is 37.1 Å². The monoisotopic (exact) mass is 513 g/mol. The predicted octanol–water partition coefficient (Wildman–Crippen LogP) is 3.77. The number of hydroxylamine groups is 2. The maximum atomic E-state index is 12.5. The maximum absolute atomic E-state index is 12.5. The molecule has 36 heavy (non-hydrogen) atoms. The number of carbonyl (C=O) groups excluding carboxylic acids is 3. The van der Waals surface area contributed by atoms with E-state index in [2.05, 4.69) is 15.7 Å². The number of ether oxygens (including phenoxy) is 1. The van der Waals surface area contributed by atoms with E-state index in [0.29, 0.717) is 10.8 Å². The van der Waals surface area contributed by atoms with Gasteiger partial charge in [0.15, 0.2) is 0 Å². The van der Waals surface area contributed by atoms with Crippen LogP contribution in [0.4, 0.5) is 10.6 Å². The highest BCUT2D eigenvalue weighted by atomic mass is 35.5. The first kappa shape index (κ1) is 26.9. The van der Waals surface area contributed by atoms with E-state index in [-0.39, 0.29) is 25.5 Å². The number of hydrazine groups is 1. The van der Waals surface area contributed by atoms with Gasteiger partial charge in [-0.3, -0.25) is 24.8 Å². The number of anilines is 1. The smallest absolute Gasteiger partial charge is 0.412 e. The molecule has 11 heteroatoms. The van der Waals surface area contributed by atoms with Crippen molar-refractivity contribution in [2.75, 3.05) is 26.1 Å². The molecule has 1 heterocycles. The molecule has 10 nitrogen and oxygen atoms in total. The number of benzene rings is 2. The Balaban J connectivity index is 1.70. The van der Waals surface area contributed by atoms with Gasteiger partial charge in [-0.25, -0.2) is 20.3 Å². The van der Waals surface area contributed by atoms with Gasteiger partial charge in [0.2, 0.25) is 11.8 Å². The minimum atomic E-state index is -0.828. The number of hydrogen-bond donors (Lipinski definition) is 2. The lowest BCUT2D eigenvalue weighted by Gasteiger charge is -2.31. The Kier molecular flexibility index (Phi) is 9.57. The van der Waals surface area contributed by atoms with Crippen molar-refractivity contribution in [1.29, 1.82) is 0 Å². The van der Waals surface area contributed by atoms with E-state index in [9.17, 15) is 14.4 Å². The number of fused-ring (bicyclic) bond motifs is 1. The zero-order valence-electron chi connectivity index (χ0n) is 20.2. The summed E-state index contributed by atoms with van der Waals surface area (Å²) in [7, 11) is 2.80. The Morgan fingerprint density at radius 2 is 1.78 bits per heavy atom. The predicted molar refractivity (Wildman–Crippen MR) is 136 cm³/mol. The molecule has 1 aromatic heterocycles. The third-order valence-electron chi connectivity index (χ3n) is 5.41. The second-order valence-corrected chi connectivity index (χ2v) is 8.29. The summed E-state index contributed by atoms with van der Waals surface area (Å²) in [4.78, 5) is 46.7. The summed E-state index contributed by atoms with van der Waals surface area (Å²) in [6.45, 7) is 1.30. The SMILES string of the molecule is CON(C)C(=O)C[C@@H](COC(=O)Nc1cc2ccccc2cn1)N(NCc1ccccc1Cl)C(C)=O. The molecule has 0 aliphatic carbocycles. The fraction of sp³-hybridized carbons (Fsp3) is 0.280. The van der Waals surface area contributed by atoms with Crippen molar-refractivity contribution in [2.45, 2.75) is 25.9 Å². The number of hydrogen-bond acceptors (Lipinski definition) is 7. The number of halogens is 1. The van der Waals surface area contributed by atoms with E-state index >= 15 is 0 Å². The van der Waals surface area contributed by atoms with Crippen LogP contribution in [0.3, 0.4) is 0 Å². The summed E-state index contributed by atoms with van der Waals surface area (Å²) in [5.74, 6) is -0.473. The first-order valence-electron chi connectivity index (χ1n) is 11.1. The second kappa shape index (κ2) is 12.8. The highest BCUT2D eigenvalue weighted by Gasteiger charge is 2.27. The van der Waals surface area contributed by atoms with Crippen molar-refractivity contribution >= 4 is 46.1 Å². The van der Waals surface area contributed by atoms with Gasteiger partial charge in [0.25, 0.3) is 0 Å². The van der Waals surface area contributed by atoms with Crippen molar-refractivity contribution in [3.63, 3.8) is 0 Å². The summed E-state index contributed by atoms with van der Waals surface area (Å²) in [5, 5.41) is 7.23. The molecule has 2 N–H and O–H groups in total. The number of aromatic nitrogens is 1. The molecule has 3 aromatic rings. The third kappa shape index (κ3) is 7.38. The molecule has 0 aliphatic heterocycles. The molecule has 0 spiro atoms. The van der Waals surface area contributed by atoms with Gasteiger partial charge in [-0.1, -0.05) is 54.1 Å². The summed E-state index contributed by atoms with van der Waals surface area (Å²) >= 11 is 6.22. The molecule has 0 fully saturated rings. The van der Waals surface area contributed by atoms with Crippen LogP contribution in [0.1, 0.15) is 18.9 Å². The van der Waals surface area contributed by atoms with Gasteiger partial charge in [-0.15, -0.1) is 0 Å². The molecular formula is C25H28ClN5O5. The molecule has 0 saturated heterocycles. The first-order valence-corrected chi connectivity index (χ1v) is 11.5. The molecule has 1 atom stereocenters. The average Bonchev–Trinajstić information content (AvgIpc) is 2.87. The van der Waals surface area contributed by atoms with Crippen molar-refractivity contribution in [2.24, 2.45) is 0 Å². The van der Waals surface area contributed by atoms with Crippen molar-refractivity contribution < 1.29 is 24.0 Å². The molecule has 2 aromatic carbocycles. The van der Waals surface area contributed by atoms with Gasteiger partial charge in [0.05, 0.1) is 19.6 Å². The summed E-state index contributed by atoms with van der Waals surface area (Å²) < 4.78 is 5.38. The van der Waals surface area contributed by atoms with Crippen LogP contribution in [0.15, 0.2) is 60.8 Å². The normalized spacial score (nSPS) is 11.6. The number of rotatable bonds is 10. The fourth-order valence-electron chi connectivity index (χ4n) is 3.43. The van der Waals surface area contributed by atoms with E-state index < -0.39 is 18.0 Å². The number of amides is 3. The lowest BCUT2D eigenvalue weighted by molar-refractivity contribution is -0.171. The van der Waals surface area contributed by atoms with E-state index in [1.165, 1.54) is 26.1 Å². The molecule has 3 rings (SSSR count). The summed E-state index contributed by atoms with van der Waals surface area (Å²) in [6.07, 6.45) is 0.703. The highest BCUT2D eigenvalue weighted by molar-refractivity contribution is 6.31. The molecule has 0 saturated carbocycles. The minimum absolute atomic E-state index is 0.166. The molecule has 0 radical (unpaired) electrons. The van der Waals surface area contributed by atoms with Crippen LogP contribution in [-0.4, -0.2) is 59.8 Å². The number of nitrogens with zero attached hydrogens (tertiary/aromatic N) is 3. The Morgan fingerprint density at radius 3 is 2.47 bits per heavy atom. The van der Waals surface area contributed by atoms with Gasteiger partial charge in [-0.2, -0.15) is 0 Å². The zero-order valence-corrected chi connectivity index (χ0v) is 21.0. The molecule has 190 valence electrons. The number of pyridine rings is 1. The molecule has 0 aliphatic rings. The highest BCUT2D eigenvalue weighted by Crippen LogP contribution is 2.17. The van der Waals surface area contributed by atoms with Crippen LogP contribution < -0.4 is 10.7 Å². The van der Waals surface area contributed by atoms with Gasteiger partial charge >= 0.3 is 6.09 Å². The van der Waals surface area contributed by atoms with Crippen LogP contribution in [0.2, 0.25) is 5.02 Å². The Morgan fingerprint density at radius 1 is 1.08 bits per heavy atom. The van der Waals surface area contributed by atoms with Crippen molar-refractivity contribution in [3.8, 4) is 0 Å². The van der Waals surface area contributed by atoms with Gasteiger partial charge in [-0.05, 0) is 23.1 Å². The summed E-state index contributed by atoms with van der Waals surface area (Å²) in [5.41, 5.74) is 3.75. The van der Waals surface area contributed by atoms with Gasteiger partial charge in [0.1, 0.15) is 12.4 Å². The van der Waals surface area contributed by atoms with E-state index in [1.54, 1.807) is 24.4 Å². The minimum Gasteiger partial charge on any atom is -0.447 e. The number of nitrogens with one attached hydrogen (secondary N) is 2. The summed E-state index contributed by atoms with van der Waals surface area (Å²) in [6, 6.07) is 15.7. The molecule has 3 amide bonds. The third-order valence-corrected chi connectivity index (χ3v) is 5.77. The zero-order chi connectivity index (χ0) is 26.1. The second-order valence-electron chi connectivity index (χ2n) is 7.89. The molecule has 0 bridgehead atoms. The Bertz CT molecular complexity index is 1220. The molecular weight excluding hydrogens is 486 g/mol. The van der Waals surface area contributed by atoms with Crippen LogP contribution in [0.25, 0.3) is 10.8 Å². The fourth-order valence-corrected chi connectivity index (χ4v) is 3.63.